The minimum Gasteiger partial charge on any atom is -0.481 e. The van der Waals surface area contributed by atoms with Gasteiger partial charge < -0.3 is 9.84 Å². The summed E-state index contributed by atoms with van der Waals surface area (Å²) in [6.45, 7) is 3.01. The summed E-state index contributed by atoms with van der Waals surface area (Å²) < 4.78 is 4.93. The van der Waals surface area contributed by atoms with Crippen LogP contribution in [0, 0.1) is 0 Å². The molecule has 1 saturated heterocycles. The van der Waals surface area contributed by atoms with E-state index in [-0.39, 0.29) is 27.3 Å². The third-order valence-corrected chi connectivity index (χ3v) is 3.88. The Morgan fingerprint density at radius 3 is 2.00 bits per heavy atom. The third-order valence-electron chi connectivity index (χ3n) is 3.44. The van der Waals surface area contributed by atoms with Crippen molar-refractivity contribution in [2.75, 3.05) is 6.61 Å². The van der Waals surface area contributed by atoms with Gasteiger partial charge in [0.05, 0.1) is 6.42 Å². The molecule has 0 spiro atoms. The van der Waals surface area contributed by atoms with Crippen molar-refractivity contribution in [3.05, 3.63) is 58.1 Å². The Bertz CT molecular complexity index is 665. The minimum absolute atomic E-state index is 0. The zero-order chi connectivity index (χ0) is 20.1. The van der Waals surface area contributed by atoms with Crippen LogP contribution in [0.15, 0.2) is 36.7 Å². The maximum absolute atomic E-state index is 10.2. The van der Waals surface area contributed by atoms with E-state index in [0.29, 0.717) is 15.9 Å². The number of halogens is 2. The van der Waals surface area contributed by atoms with Gasteiger partial charge in [0.25, 0.3) is 0 Å². The van der Waals surface area contributed by atoms with Gasteiger partial charge in [0.2, 0.25) is 0 Å². The number of hydrogen-bond donors (Lipinski definition) is 1. The summed E-state index contributed by atoms with van der Waals surface area (Å²) in [6.07, 6.45) is 7.70. The maximum Gasteiger partial charge on any atom is 0.307 e. The Labute approximate surface area is 186 Å². The van der Waals surface area contributed by atoms with E-state index in [1.807, 2.05) is 18.3 Å². The SMILES string of the molecule is C.C.CCCc1ccc(Cl)nc1.O=C(O)Cc1ccc(Cl)nc1.[B]C1CCCO1. The van der Waals surface area contributed by atoms with E-state index < -0.39 is 5.97 Å². The Kier molecular flexibility index (Phi) is 17.6. The lowest BCUT2D eigenvalue weighted by Gasteiger charge is -1.95. The molecule has 8 heteroatoms. The first-order valence-electron chi connectivity index (χ1n) is 8.70. The standard InChI is InChI=1S/C8H10ClN.C7H6ClNO2.C4H7BO.2CH4/c1-2-3-7-4-5-8(9)10-6-7;8-6-2-1-5(4-9-6)3-7(10)11;5-4-2-1-3-6-4;;/h4-6H,2-3H2,1H3;1-2,4H,3H2,(H,10,11);4H,1-3H2;2*1H4. The molecule has 1 fully saturated rings. The molecule has 2 aromatic heterocycles. The highest BCUT2D eigenvalue weighted by molar-refractivity contribution is 6.29. The number of hydrogen-bond acceptors (Lipinski definition) is 4. The van der Waals surface area contributed by atoms with Crippen molar-refractivity contribution in [2.24, 2.45) is 0 Å². The number of pyridine rings is 2. The van der Waals surface area contributed by atoms with Crippen LogP contribution in [0.5, 0.6) is 0 Å². The number of ether oxygens (including phenoxy) is 1. The van der Waals surface area contributed by atoms with E-state index >= 15 is 0 Å². The summed E-state index contributed by atoms with van der Waals surface area (Å²) in [5.74, 6) is -0.867. The average molecular weight is 441 g/mol. The van der Waals surface area contributed by atoms with Crippen LogP contribution in [0.2, 0.25) is 10.3 Å². The monoisotopic (exact) mass is 440 g/mol. The lowest BCUT2D eigenvalue weighted by Crippen LogP contribution is -2.01. The van der Waals surface area contributed by atoms with Crippen molar-refractivity contribution >= 4 is 37.0 Å². The molecule has 1 unspecified atom stereocenters. The van der Waals surface area contributed by atoms with E-state index in [1.54, 1.807) is 12.1 Å². The molecule has 2 radical (unpaired) electrons. The Morgan fingerprint density at radius 2 is 1.69 bits per heavy atom. The van der Waals surface area contributed by atoms with Gasteiger partial charge in [0.15, 0.2) is 0 Å². The molecule has 0 aromatic carbocycles. The molecule has 2 aromatic rings. The van der Waals surface area contributed by atoms with Gasteiger partial charge in [-0.25, -0.2) is 9.97 Å². The molecule has 1 atom stereocenters. The second kappa shape index (κ2) is 17.3. The van der Waals surface area contributed by atoms with E-state index in [0.717, 1.165) is 32.3 Å². The van der Waals surface area contributed by atoms with Crippen LogP contribution < -0.4 is 0 Å². The van der Waals surface area contributed by atoms with Crippen LogP contribution in [0.1, 0.15) is 52.2 Å². The number of carboxylic acids is 1. The lowest BCUT2D eigenvalue weighted by atomic mass is 9.98. The van der Waals surface area contributed by atoms with Crippen LogP contribution in [-0.2, 0) is 22.4 Å². The third kappa shape index (κ3) is 15.0. The molecule has 29 heavy (non-hydrogen) atoms. The van der Waals surface area contributed by atoms with Crippen LogP contribution in [-0.4, -0.2) is 41.5 Å². The first-order valence-corrected chi connectivity index (χ1v) is 9.46. The second-order valence-electron chi connectivity index (χ2n) is 5.85. The van der Waals surface area contributed by atoms with Gasteiger partial charge >= 0.3 is 5.97 Å². The summed E-state index contributed by atoms with van der Waals surface area (Å²) in [7, 11) is 5.31. The van der Waals surface area contributed by atoms with Crippen LogP contribution in [0.3, 0.4) is 0 Å². The highest BCUT2D eigenvalue weighted by atomic mass is 35.5. The van der Waals surface area contributed by atoms with Crippen molar-refractivity contribution < 1.29 is 14.6 Å². The normalized spacial score (nSPS) is 14.1. The van der Waals surface area contributed by atoms with Gasteiger partial charge in [-0.1, -0.05) is 63.5 Å². The molecule has 0 aliphatic carbocycles. The molecular weight excluding hydrogens is 410 g/mol. The first-order chi connectivity index (χ1) is 12.9. The molecule has 1 aliphatic rings. The molecule has 5 nitrogen and oxygen atoms in total. The number of rotatable bonds is 4. The molecule has 1 aliphatic heterocycles. The molecular formula is C21H31BCl2N2O3. The van der Waals surface area contributed by atoms with Crippen molar-refractivity contribution in [3.63, 3.8) is 0 Å². The molecule has 0 amide bonds. The summed E-state index contributed by atoms with van der Waals surface area (Å²) in [6, 6.07) is 7.10. The van der Waals surface area contributed by atoms with Gasteiger partial charge in [0, 0.05) is 25.0 Å². The zero-order valence-corrected chi connectivity index (χ0v) is 16.8. The number of aryl methyl sites for hydroxylation is 1. The zero-order valence-electron chi connectivity index (χ0n) is 15.3. The van der Waals surface area contributed by atoms with E-state index in [1.165, 1.54) is 11.8 Å². The molecule has 3 heterocycles. The highest BCUT2D eigenvalue weighted by Crippen LogP contribution is 2.07. The lowest BCUT2D eigenvalue weighted by molar-refractivity contribution is -0.136. The quantitative estimate of drug-likeness (QED) is 0.493. The van der Waals surface area contributed by atoms with Crippen LogP contribution in [0.4, 0.5) is 0 Å². The summed E-state index contributed by atoms with van der Waals surface area (Å²) in [4.78, 5) is 17.9. The fourth-order valence-electron chi connectivity index (χ4n) is 2.13. The summed E-state index contributed by atoms with van der Waals surface area (Å²) in [5.41, 5.74) is 1.91. The number of carboxylic acid groups (broad SMARTS) is 1. The number of aromatic nitrogens is 2. The van der Waals surface area contributed by atoms with E-state index in [9.17, 15) is 4.79 Å². The van der Waals surface area contributed by atoms with Crippen molar-refractivity contribution in [1.29, 1.82) is 0 Å². The number of carbonyl (C=O) groups is 1. The molecule has 0 saturated carbocycles. The summed E-state index contributed by atoms with van der Waals surface area (Å²) >= 11 is 11.1. The van der Waals surface area contributed by atoms with Gasteiger partial charge in [0.1, 0.15) is 18.2 Å². The Hall–Kier alpha value is -1.63. The summed E-state index contributed by atoms with van der Waals surface area (Å²) in [5, 5.41) is 9.32. The van der Waals surface area contributed by atoms with Gasteiger partial charge in [-0.2, -0.15) is 0 Å². The second-order valence-corrected chi connectivity index (χ2v) is 6.62. The van der Waals surface area contributed by atoms with Crippen molar-refractivity contribution in [1.82, 2.24) is 9.97 Å². The molecule has 3 rings (SSSR count). The molecule has 160 valence electrons. The smallest absolute Gasteiger partial charge is 0.307 e. The predicted octanol–water partition coefficient (Wildman–Crippen LogP) is 5.61. The maximum atomic E-state index is 10.2. The number of nitrogens with zero attached hydrogens (tertiary/aromatic N) is 2. The highest BCUT2D eigenvalue weighted by Gasteiger charge is 2.06. The predicted molar refractivity (Wildman–Crippen MR) is 122 cm³/mol. The fraction of sp³-hybridized carbons (Fsp3) is 0.476. The fourth-order valence-corrected chi connectivity index (χ4v) is 2.35. The van der Waals surface area contributed by atoms with E-state index in [4.69, 9.17) is 40.9 Å². The van der Waals surface area contributed by atoms with Gasteiger partial charge in [-0.15, -0.1) is 0 Å². The Balaban J connectivity index is 0. The Morgan fingerprint density at radius 1 is 1.14 bits per heavy atom. The van der Waals surface area contributed by atoms with Crippen LogP contribution in [0.25, 0.3) is 0 Å². The van der Waals surface area contributed by atoms with Crippen molar-refractivity contribution in [3.8, 4) is 0 Å². The molecule has 0 bridgehead atoms. The van der Waals surface area contributed by atoms with Gasteiger partial charge in [-0.3, -0.25) is 4.79 Å². The largest absolute Gasteiger partial charge is 0.481 e. The van der Waals surface area contributed by atoms with Crippen molar-refractivity contribution in [2.45, 2.75) is 59.9 Å². The topological polar surface area (TPSA) is 72.3 Å². The minimum atomic E-state index is -0.867. The van der Waals surface area contributed by atoms with Crippen LogP contribution >= 0.6 is 23.2 Å². The molecule has 1 N–H and O–H groups in total. The first kappa shape index (κ1) is 29.6. The average Bonchev–Trinajstić information content (AvgIpc) is 3.11. The number of aliphatic carboxylic acids is 1. The van der Waals surface area contributed by atoms with Gasteiger partial charge in [-0.05, 0) is 42.5 Å². The van der Waals surface area contributed by atoms with E-state index in [2.05, 4.69) is 16.9 Å².